The van der Waals surface area contributed by atoms with Crippen LogP contribution in [0.4, 0.5) is 11.5 Å². The van der Waals surface area contributed by atoms with Crippen molar-refractivity contribution in [2.45, 2.75) is 10.9 Å². The molecule has 0 unspecified atom stereocenters. The maximum Gasteiger partial charge on any atom is 0.251 e. The van der Waals surface area contributed by atoms with Crippen molar-refractivity contribution < 1.29 is 13.2 Å². The number of aromatic nitrogens is 4. The van der Waals surface area contributed by atoms with Gasteiger partial charge in [0.25, 0.3) is 5.16 Å². The summed E-state index contributed by atoms with van der Waals surface area (Å²) in [7, 11) is 3.03. The van der Waals surface area contributed by atoms with Crippen molar-refractivity contribution in [3.05, 3.63) is 30.1 Å². The molecular weight excluding hydrogens is 356 g/mol. The number of imidazole rings is 1. The summed E-state index contributed by atoms with van der Waals surface area (Å²) >= 11 is 0. The molecule has 26 heavy (non-hydrogen) atoms. The maximum absolute atomic E-state index is 12.9. The van der Waals surface area contributed by atoms with Crippen molar-refractivity contribution in [1.82, 2.24) is 19.5 Å². The number of nitrogen functional groups attached to an aromatic ring is 1. The number of rotatable bonds is 5. The number of fused-ring (bicyclic) bond motifs is 1. The number of nitrogens with two attached hydrogens (primary N) is 1. The summed E-state index contributed by atoms with van der Waals surface area (Å²) in [6.45, 7) is 0. The smallest absolute Gasteiger partial charge is 0.251 e. The van der Waals surface area contributed by atoms with E-state index in [0.29, 0.717) is 34.0 Å². The minimum absolute atomic E-state index is 0.244. The second-order valence-corrected chi connectivity index (χ2v) is 7.97. The van der Waals surface area contributed by atoms with Gasteiger partial charge in [-0.1, -0.05) is 6.07 Å². The first-order chi connectivity index (χ1) is 12.2. The quantitative estimate of drug-likeness (QED) is 0.518. The summed E-state index contributed by atoms with van der Waals surface area (Å²) in [5, 5.41) is -0.244. The van der Waals surface area contributed by atoms with Crippen molar-refractivity contribution in [2.24, 2.45) is 7.05 Å². The molecule has 9 nitrogen and oxygen atoms in total. The minimum Gasteiger partial charge on any atom is -0.495 e. The van der Waals surface area contributed by atoms with Crippen LogP contribution < -0.4 is 15.4 Å². The fraction of sp³-hybridized carbons (Fsp3) is 0.312. The Morgan fingerprint density at radius 1 is 1.27 bits per heavy atom. The van der Waals surface area contributed by atoms with E-state index in [9.17, 15) is 8.42 Å². The standard InChI is InChI=1S/C16H20N6O3S/c1-21(2)14-13-15(22(3)9-18-13)20-16(19-14)26(23,24)8-10-5-6-12(25-4)11(17)7-10/h5-7,9H,8,17H2,1-4H3. The van der Waals surface area contributed by atoms with Crippen LogP contribution in [-0.4, -0.2) is 49.1 Å². The van der Waals surface area contributed by atoms with E-state index in [1.54, 1.807) is 55.1 Å². The Kier molecular flexibility index (Phi) is 4.45. The van der Waals surface area contributed by atoms with Crippen molar-refractivity contribution in [2.75, 3.05) is 31.8 Å². The van der Waals surface area contributed by atoms with Gasteiger partial charge in [-0.25, -0.2) is 13.4 Å². The highest BCUT2D eigenvalue weighted by Gasteiger charge is 2.24. The SMILES string of the molecule is COc1ccc(CS(=O)(=O)c2nc(N(C)C)c3ncn(C)c3n2)cc1N. The topological polar surface area (TPSA) is 116 Å². The molecule has 0 fully saturated rings. The fourth-order valence-electron chi connectivity index (χ4n) is 2.58. The first-order valence-corrected chi connectivity index (χ1v) is 9.39. The van der Waals surface area contributed by atoms with Gasteiger partial charge in [-0.15, -0.1) is 0 Å². The lowest BCUT2D eigenvalue weighted by molar-refractivity contribution is 0.417. The van der Waals surface area contributed by atoms with E-state index in [1.807, 2.05) is 0 Å². The molecule has 138 valence electrons. The van der Waals surface area contributed by atoms with Crippen LogP contribution in [0.5, 0.6) is 5.75 Å². The number of hydrogen-bond acceptors (Lipinski definition) is 8. The van der Waals surface area contributed by atoms with E-state index >= 15 is 0 Å². The van der Waals surface area contributed by atoms with Gasteiger partial charge in [0.1, 0.15) is 5.75 Å². The molecule has 0 amide bonds. The van der Waals surface area contributed by atoms with Crippen LogP contribution in [0.3, 0.4) is 0 Å². The molecule has 0 aliphatic carbocycles. The van der Waals surface area contributed by atoms with Gasteiger partial charge in [-0.2, -0.15) is 9.97 Å². The zero-order valence-electron chi connectivity index (χ0n) is 15.0. The van der Waals surface area contributed by atoms with Crippen LogP contribution in [0, 0.1) is 0 Å². The molecule has 2 heterocycles. The monoisotopic (exact) mass is 376 g/mol. The van der Waals surface area contributed by atoms with Gasteiger partial charge in [0.2, 0.25) is 9.84 Å². The number of aryl methyl sites for hydroxylation is 1. The average Bonchev–Trinajstić information content (AvgIpc) is 2.95. The van der Waals surface area contributed by atoms with Crippen LogP contribution in [0.2, 0.25) is 0 Å². The molecule has 0 aliphatic heterocycles. The summed E-state index contributed by atoms with van der Waals surface area (Å²) < 4.78 is 32.5. The van der Waals surface area contributed by atoms with Crippen LogP contribution in [0.1, 0.15) is 5.56 Å². The summed E-state index contributed by atoms with van der Waals surface area (Å²) in [6, 6.07) is 4.87. The molecule has 2 N–H and O–H groups in total. The van der Waals surface area contributed by atoms with Crippen molar-refractivity contribution in [3.8, 4) is 5.75 Å². The van der Waals surface area contributed by atoms with E-state index in [0.717, 1.165) is 0 Å². The predicted molar refractivity (Wildman–Crippen MR) is 98.9 cm³/mol. The first-order valence-electron chi connectivity index (χ1n) is 7.74. The molecule has 0 aliphatic rings. The Bertz CT molecular complexity index is 1080. The highest BCUT2D eigenvalue weighted by atomic mass is 32.2. The Morgan fingerprint density at radius 3 is 2.62 bits per heavy atom. The molecule has 3 aromatic rings. The Balaban J connectivity index is 2.06. The summed E-state index contributed by atoms with van der Waals surface area (Å²) in [4.78, 5) is 14.4. The Morgan fingerprint density at radius 2 is 2.00 bits per heavy atom. The molecule has 1 aromatic carbocycles. The second-order valence-electron chi connectivity index (χ2n) is 6.09. The number of nitrogens with zero attached hydrogens (tertiary/aromatic N) is 5. The normalized spacial score (nSPS) is 11.7. The zero-order valence-corrected chi connectivity index (χ0v) is 15.8. The Labute approximate surface area is 151 Å². The molecule has 0 atom stereocenters. The third kappa shape index (κ3) is 3.15. The van der Waals surface area contributed by atoms with Gasteiger partial charge in [0.05, 0.1) is 24.9 Å². The molecule has 3 rings (SSSR count). The van der Waals surface area contributed by atoms with Gasteiger partial charge < -0.3 is 19.9 Å². The van der Waals surface area contributed by atoms with Crippen molar-refractivity contribution in [3.63, 3.8) is 0 Å². The highest BCUT2D eigenvalue weighted by molar-refractivity contribution is 7.90. The molecule has 2 aromatic heterocycles. The van der Waals surface area contributed by atoms with Gasteiger partial charge in [-0.05, 0) is 17.7 Å². The number of sulfone groups is 1. The third-order valence-electron chi connectivity index (χ3n) is 3.87. The number of methoxy groups -OCH3 is 1. The lowest BCUT2D eigenvalue weighted by atomic mass is 10.2. The molecule has 0 radical (unpaired) electrons. The third-order valence-corrected chi connectivity index (χ3v) is 5.33. The number of hydrogen-bond donors (Lipinski definition) is 1. The van der Waals surface area contributed by atoms with E-state index < -0.39 is 9.84 Å². The van der Waals surface area contributed by atoms with Crippen molar-refractivity contribution >= 4 is 32.5 Å². The van der Waals surface area contributed by atoms with Gasteiger partial charge in [0.15, 0.2) is 17.0 Å². The zero-order chi connectivity index (χ0) is 19.1. The van der Waals surface area contributed by atoms with Crippen LogP contribution >= 0.6 is 0 Å². The van der Waals surface area contributed by atoms with E-state index in [2.05, 4.69) is 15.0 Å². The number of ether oxygens (including phenoxy) is 1. The lowest BCUT2D eigenvalue weighted by Crippen LogP contribution is -2.16. The van der Waals surface area contributed by atoms with Gasteiger partial charge >= 0.3 is 0 Å². The first kappa shape index (κ1) is 17.9. The Hall–Kier alpha value is -2.88. The predicted octanol–water partition coefficient (Wildman–Crippen LogP) is 0.994. The molecule has 0 bridgehead atoms. The second kappa shape index (κ2) is 6.45. The van der Waals surface area contributed by atoms with Gasteiger partial charge in [0, 0.05) is 21.1 Å². The molecule has 10 heteroatoms. The molecule has 0 spiro atoms. The average molecular weight is 376 g/mol. The lowest BCUT2D eigenvalue weighted by Gasteiger charge is -2.13. The van der Waals surface area contributed by atoms with Crippen LogP contribution in [0.25, 0.3) is 11.2 Å². The van der Waals surface area contributed by atoms with E-state index in [4.69, 9.17) is 10.5 Å². The van der Waals surface area contributed by atoms with Crippen molar-refractivity contribution in [1.29, 1.82) is 0 Å². The number of anilines is 2. The fourth-order valence-corrected chi connectivity index (χ4v) is 3.78. The largest absolute Gasteiger partial charge is 0.495 e. The highest BCUT2D eigenvalue weighted by Crippen LogP contribution is 2.26. The summed E-state index contributed by atoms with van der Waals surface area (Å²) in [5.41, 5.74) is 7.77. The van der Waals surface area contributed by atoms with Gasteiger partial charge in [-0.3, -0.25) is 0 Å². The summed E-state index contributed by atoms with van der Waals surface area (Å²) in [6.07, 6.45) is 1.58. The maximum atomic E-state index is 12.9. The molecule has 0 saturated carbocycles. The number of benzene rings is 1. The minimum atomic E-state index is -3.78. The van der Waals surface area contributed by atoms with E-state index in [1.165, 1.54) is 7.11 Å². The summed E-state index contributed by atoms with van der Waals surface area (Å²) in [5.74, 6) is 0.675. The van der Waals surface area contributed by atoms with Crippen LogP contribution in [-0.2, 0) is 22.6 Å². The molecule has 0 saturated heterocycles. The van der Waals surface area contributed by atoms with E-state index in [-0.39, 0.29) is 10.9 Å². The molecular formula is C16H20N6O3S. The van der Waals surface area contributed by atoms with Crippen LogP contribution in [0.15, 0.2) is 29.7 Å².